The number of halogens is 3. The Morgan fingerprint density at radius 3 is 2.52 bits per heavy atom. The van der Waals surface area contributed by atoms with Crippen LogP contribution in [0.2, 0.25) is 0 Å². The molecule has 0 saturated carbocycles. The number of anilines is 2. The van der Waals surface area contributed by atoms with Crippen molar-refractivity contribution in [3.63, 3.8) is 0 Å². The Hall–Kier alpha value is -2.75. The molecule has 2 N–H and O–H groups in total. The van der Waals surface area contributed by atoms with E-state index in [1.807, 2.05) is 0 Å². The molecule has 0 aliphatic carbocycles. The molecule has 0 spiro atoms. The molecule has 0 aliphatic heterocycles. The Morgan fingerprint density at radius 2 is 1.96 bits per heavy atom. The average molecular weight is 342 g/mol. The van der Waals surface area contributed by atoms with Crippen LogP contribution in [-0.2, 0) is 6.18 Å². The Labute approximate surface area is 133 Å². The highest BCUT2D eigenvalue weighted by atomic mass is 32.1. The summed E-state index contributed by atoms with van der Waals surface area (Å²) in [5.41, 5.74) is -0.842. The molecule has 1 aromatic carbocycles. The Kier molecular flexibility index (Phi) is 4.74. The monoisotopic (exact) mass is 342 g/mol. The number of benzene rings is 1. The third kappa shape index (κ3) is 4.61. The van der Waals surface area contributed by atoms with E-state index in [9.17, 15) is 23.3 Å². The van der Waals surface area contributed by atoms with Gasteiger partial charge in [-0.25, -0.2) is 4.98 Å². The summed E-state index contributed by atoms with van der Waals surface area (Å²) >= 11 is 4.96. The summed E-state index contributed by atoms with van der Waals surface area (Å²) in [6.07, 6.45) is -3.41. The Bertz CT molecular complexity index is 735. The van der Waals surface area contributed by atoms with Crippen molar-refractivity contribution in [1.29, 1.82) is 0 Å². The van der Waals surface area contributed by atoms with Crippen LogP contribution < -0.4 is 10.6 Å². The molecule has 0 unspecified atom stereocenters. The molecule has 0 fully saturated rings. The first-order valence-corrected chi connectivity index (χ1v) is 6.52. The first-order chi connectivity index (χ1) is 10.8. The van der Waals surface area contributed by atoms with Crippen LogP contribution >= 0.6 is 12.2 Å². The third-order valence-electron chi connectivity index (χ3n) is 2.65. The number of rotatable bonds is 3. The minimum absolute atomic E-state index is 0.00526. The lowest BCUT2D eigenvalue weighted by atomic mass is 10.2. The molecule has 6 nitrogen and oxygen atoms in total. The van der Waals surface area contributed by atoms with Crippen molar-refractivity contribution < 1.29 is 18.1 Å². The van der Waals surface area contributed by atoms with Gasteiger partial charge in [-0.15, -0.1) is 0 Å². The van der Waals surface area contributed by atoms with Crippen molar-refractivity contribution in [3.05, 3.63) is 58.3 Å². The van der Waals surface area contributed by atoms with Crippen LogP contribution in [0.5, 0.6) is 0 Å². The number of pyridine rings is 1. The highest BCUT2D eigenvalue weighted by Gasteiger charge is 2.30. The van der Waals surface area contributed by atoms with E-state index < -0.39 is 16.7 Å². The molecular weight excluding hydrogens is 333 g/mol. The standard InChI is InChI=1S/C13H9F3N4O2S/c14-13(15,16)8-2-1-3-9(6-8)18-12(23)19-11-5-4-10(7-17-11)20(21)22/h1-7H,(H2,17,18,19,23). The number of aromatic nitrogens is 1. The van der Waals surface area contributed by atoms with Gasteiger partial charge in [-0.3, -0.25) is 10.1 Å². The molecule has 0 aliphatic rings. The lowest BCUT2D eigenvalue weighted by molar-refractivity contribution is -0.385. The predicted octanol–water partition coefficient (Wildman–Crippen LogP) is 3.82. The first-order valence-electron chi connectivity index (χ1n) is 6.11. The predicted molar refractivity (Wildman–Crippen MR) is 82.2 cm³/mol. The van der Waals surface area contributed by atoms with Gasteiger partial charge in [0.2, 0.25) is 0 Å². The third-order valence-corrected chi connectivity index (χ3v) is 2.85. The fraction of sp³-hybridized carbons (Fsp3) is 0.0769. The molecule has 0 saturated heterocycles. The van der Waals surface area contributed by atoms with E-state index in [4.69, 9.17) is 12.2 Å². The van der Waals surface area contributed by atoms with E-state index in [1.165, 1.54) is 24.3 Å². The van der Waals surface area contributed by atoms with E-state index in [2.05, 4.69) is 15.6 Å². The second kappa shape index (κ2) is 6.57. The average Bonchev–Trinajstić information content (AvgIpc) is 2.47. The lowest BCUT2D eigenvalue weighted by Crippen LogP contribution is -2.20. The minimum atomic E-state index is -4.45. The van der Waals surface area contributed by atoms with Crippen LogP contribution in [0, 0.1) is 10.1 Å². The van der Waals surface area contributed by atoms with Crippen molar-refractivity contribution in [1.82, 2.24) is 4.98 Å². The van der Waals surface area contributed by atoms with Crippen molar-refractivity contribution in [2.75, 3.05) is 10.6 Å². The lowest BCUT2D eigenvalue weighted by Gasteiger charge is -2.12. The molecule has 0 bridgehead atoms. The van der Waals surface area contributed by atoms with Crippen LogP contribution in [0.3, 0.4) is 0 Å². The van der Waals surface area contributed by atoms with Gasteiger partial charge in [-0.1, -0.05) is 6.07 Å². The van der Waals surface area contributed by atoms with Gasteiger partial charge in [0.1, 0.15) is 12.0 Å². The van der Waals surface area contributed by atoms with Crippen LogP contribution in [0.4, 0.5) is 30.4 Å². The van der Waals surface area contributed by atoms with E-state index in [0.717, 1.165) is 18.3 Å². The Morgan fingerprint density at radius 1 is 1.22 bits per heavy atom. The maximum absolute atomic E-state index is 12.6. The molecule has 2 aromatic rings. The molecule has 1 heterocycles. The number of nitro groups is 1. The zero-order chi connectivity index (χ0) is 17.0. The number of nitrogens with one attached hydrogen (secondary N) is 2. The quantitative estimate of drug-likeness (QED) is 0.501. The Balaban J connectivity index is 2.03. The second-order valence-electron chi connectivity index (χ2n) is 4.32. The maximum Gasteiger partial charge on any atom is 0.416 e. The zero-order valence-electron chi connectivity index (χ0n) is 11.3. The van der Waals surface area contributed by atoms with Gasteiger partial charge in [-0.05, 0) is 36.5 Å². The topological polar surface area (TPSA) is 80.1 Å². The molecule has 120 valence electrons. The molecule has 0 amide bonds. The van der Waals surface area contributed by atoms with Crippen molar-refractivity contribution >= 4 is 34.5 Å². The van der Waals surface area contributed by atoms with Crippen LogP contribution in [-0.4, -0.2) is 15.0 Å². The number of hydrogen-bond donors (Lipinski definition) is 2. The van der Waals surface area contributed by atoms with Gasteiger partial charge in [0.05, 0.1) is 10.5 Å². The summed E-state index contributed by atoms with van der Waals surface area (Å²) < 4.78 is 37.8. The minimum Gasteiger partial charge on any atom is -0.332 e. The van der Waals surface area contributed by atoms with Crippen LogP contribution in [0.25, 0.3) is 0 Å². The van der Waals surface area contributed by atoms with E-state index in [-0.39, 0.29) is 22.3 Å². The molecular formula is C13H9F3N4O2S. The van der Waals surface area contributed by atoms with Crippen LogP contribution in [0.15, 0.2) is 42.6 Å². The van der Waals surface area contributed by atoms with Crippen molar-refractivity contribution in [3.8, 4) is 0 Å². The summed E-state index contributed by atoms with van der Waals surface area (Å²) in [5.74, 6) is 0.222. The van der Waals surface area contributed by atoms with Crippen LogP contribution in [0.1, 0.15) is 5.56 Å². The zero-order valence-corrected chi connectivity index (χ0v) is 12.1. The van der Waals surface area contributed by atoms with Gasteiger partial charge in [-0.2, -0.15) is 13.2 Å². The van der Waals surface area contributed by atoms with Gasteiger partial charge in [0.25, 0.3) is 5.69 Å². The summed E-state index contributed by atoms with van der Waals surface area (Å²) in [6, 6.07) is 7.08. The SMILES string of the molecule is O=[N+]([O-])c1ccc(NC(=S)Nc2cccc(C(F)(F)F)c2)nc1. The maximum atomic E-state index is 12.6. The summed E-state index contributed by atoms with van der Waals surface area (Å²) in [6.45, 7) is 0. The number of thiocarbonyl (C=S) groups is 1. The number of nitrogens with zero attached hydrogens (tertiary/aromatic N) is 2. The van der Waals surface area contributed by atoms with Gasteiger partial charge >= 0.3 is 6.18 Å². The second-order valence-corrected chi connectivity index (χ2v) is 4.72. The van der Waals surface area contributed by atoms with E-state index in [0.29, 0.717) is 0 Å². The molecule has 10 heteroatoms. The van der Waals surface area contributed by atoms with E-state index >= 15 is 0 Å². The molecule has 1 aromatic heterocycles. The number of hydrogen-bond acceptors (Lipinski definition) is 4. The largest absolute Gasteiger partial charge is 0.416 e. The smallest absolute Gasteiger partial charge is 0.332 e. The van der Waals surface area contributed by atoms with E-state index in [1.54, 1.807) is 0 Å². The molecule has 2 rings (SSSR count). The summed E-state index contributed by atoms with van der Waals surface area (Å²) in [4.78, 5) is 13.7. The number of alkyl halides is 3. The molecule has 23 heavy (non-hydrogen) atoms. The van der Waals surface area contributed by atoms with Crippen molar-refractivity contribution in [2.45, 2.75) is 6.18 Å². The summed E-state index contributed by atoms with van der Waals surface area (Å²) in [5, 5.41) is 15.7. The highest BCUT2D eigenvalue weighted by molar-refractivity contribution is 7.80. The van der Waals surface area contributed by atoms with Gasteiger partial charge in [0, 0.05) is 11.8 Å². The highest BCUT2D eigenvalue weighted by Crippen LogP contribution is 2.30. The molecule has 0 radical (unpaired) electrons. The normalized spacial score (nSPS) is 10.9. The fourth-order valence-electron chi connectivity index (χ4n) is 1.62. The van der Waals surface area contributed by atoms with Gasteiger partial charge in [0.15, 0.2) is 5.11 Å². The van der Waals surface area contributed by atoms with Crippen molar-refractivity contribution in [2.24, 2.45) is 0 Å². The van der Waals surface area contributed by atoms with Gasteiger partial charge < -0.3 is 10.6 Å². The first kappa shape index (κ1) is 16.6. The summed E-state index contributed by atoms with van der Waals surface area (Å²) in [7, 11) is 0. The molecule has 0 atom stereocenters. The fourth-order valence-corrected chi connectivity index (χ4v) is 1.84.